The molecule has 0 fully saturated rings. The number of pyridine rings is 2. The molecule has 0 amide bonds. The topological polar surface area (TPSA) is 25.8 Å². The molecule has 40 heavy (non-hydrogen) atoms. The molecule has 6 aromatic rings. The van der Waals surface area contributed by atoms with Gasteiger partial charge in [-0.25, -0.2) is 0 Å². The number of aromatic nitrogens is 2. The maximum absolute atomic E-state index is 4.85. The van der Waals surface area contributed by atoms with Gasteiger partial charge in [-0.3, -0.25) is 9.97 Å². The van der Waals surface area contributed by atoms with Gasteiger partial charge in [0.2, 0.25) is 0 Å². The first-order chi connectivity index (χ1) is 19.1. The molecule has 0 aliphatic rings. The van der Waals surface area contributed by atoms with E-state index < -0.39 is 0 Å². The predicted octanol–water partition coefficient (Wildman–Crippen LogP) is 10.4. The summed E-state index contributed by atoms with van der Waals surface area (Å²) in [4.78, 5) is 9.57. The molecule has 0 saturated carbocycles. The molecular formula is C38H36N2. The van der Waals surface area contributed by atoms with Crippen molar-refractivity contribution in [2.45, 2.75) is 52.4 Å². The fourth-order valence-corrected chi connectivity index (χ4v) is 5.45. The Balaban J connectivity index is 1.46. The lowest BCUT2D eigenvalue weighted by Gasteiger charge is -2.20. The van der Waals surface area contributed by atoms with Crippen LogP contribution in [0.25, 0.3) is 55.2 Å². The molecule has 2 nitrogen and oxygen atoms in total. The zero-order valence-electron chi connectivity index (χ0n) is 24.3. The molecule has 0 spiro atoms. The first kappa shape index (κ1) is 26.0. The van der Waals surface area contributed by atoms with Gasteiger partial charge in [-0.2, -0.15) is 0 Å². The minimum atomic E-state index is 0.0747. The van der Waals surface area contributed by atoms with Crippen molar-refractivity contribution in [2.75, 3.05) is 0 Å². The van der Waals surface area contributed by atoms with Crippen LogP contribution in [0, 0.1) is 0 Å². The number of nitrogens with zero attached hydrogens (tertiary/aromatic N) is 2. The van der Waals surface area contributed by atoms with Crippen molar-refractivity contribution in [2.24, 2.45) is 0 Å². The zero-order chi connectivity index (χ0) is 28.1. The van der Waals surface area contributed by atoms with Gasteiger partial charge in [0.05, 0.1) is 11.4 Å². The molecule has 0 radical (unpaired) electrons. The lowest BCUT2D eigenvalue weighted by molar-refractivity contribution is 0.589. The summed E-state index contributed by atoms with van der Waals surface area (Å²) >= 11 is 0. The normalized spacial score (nSPS) is 12.2. The summed E-state index contributed by atoms with van der Waals surface area (Å²) in [6.45, 7) is 13.5. The Morgan fingerprint density at radius 3 is 2.00 bits per heavy atom. The van der Waals surface area contributed by atoms with Crippen LogP contribution < -0.4 is 0 Å². The van der Waals surface area contributed by atoms with Crippen molar-refractivity contribution in [1.29, 1.82) is 0 Å². The molecule has 0 saturated heterocycles. The quantitative estimate of drug-likeness (QED) is 0.232. The van der Waals surface area contributed by atoms with E-state index in [4.69, 9.17) is 9.97 Å². The lowest BCUT2D eigenvalue weighted by atomic mass is 9.85. The van der Waals surface area contributed by atoms with Crippen LogP contribution in [0.4, 0.5) is 0 Å². The fraction of sp³-hybridized carbons (Fsp3) is 0.211. The summed E-state index contributed by atoms with van der Waals surface area (Å²) in [5.74, 6) is 0. The summed E-state index contributed by atoms with van der Waals surface area (Å²) < 4.78 is 0. The first-order valence-corrected chi connectivity index (χ1v) is 14.1. The van der Waals surface area contributed by atoms with Crippen LogP contribution in [0.15, 0.2) is 109 Å². The van der Waals surface area contributed by atoms with Gasteiger partial charge in [-0.05, 0) is 79.6 Å². The van der Waals surface area contributed by atoms with Crippen LogP contribution in [0.2, 0.25) is 0 Å². The van der Waals surface area contributed by atoms with Gasteiger partial charge in [0, 0.05) is 28.9 Å². The first-order valence-electron chi connectivity index (χ1n) is 14.1. The van der Waals surface area contributed by atoms with E-state index in [0.29, 0.717) is 0 Å². The van der Waals surface area contributed by atoms with Crippen LogP contribution in [-0.4, -0.2) is 9.97 Å². The monoisotopic (exact) mass is 520 g/mol. The van der Waals surface area contributed by atoms with Crippen molar-refractivity contribution >= 4 is 21.5 Å². The second kappa shape index (κ2) is 9.71. The van der Waals surface area contributed by atoms with Crippen molar-refractivity contribution in [3.8, 4) is 33.6 Å². The second-order valence-corrected chi connectivity index (χ2v) is 12.8. The summed E-state index contributed by atoms with van der Waals surface area (Å²) in [7, 11) is 0. The van der Waals surface area contributed by atoms with Crippen molar-refractivity contribution < 1.29 is 0 Å². The summed E-state index contributed by atoms with van der Waals surface area (Å²) in [5, 5.41) is 4.84. The van der Waals surface area contributed by atoms with E-state index in [1.807, 2.05) is 12.4 Å². The van der Waals surface area contributed by atoms with Crippen LogP contribution in [0.1, 0.15) is 52.7 Å². The fourth-order valence-electron chi connectivity index (χ4n) is 5.45. The van der Waals surface area contributed by atoms with E-state index in [1.54, 1.807) is 0 Å². The molecule has 0 bridgehead atoms. The van der Waals surface area contributed by atoms with Crippen molar-refractivity contribution in [3.63, 3.8) is 0 Å². The number of rotatable bonds is 3. The molecule has 0 atom stereocenters. The van der Waals surface area contributed by atoms with E-state index in [9.17, 15) is 0 Å². The van der Waals surface area contributed by atoms with Gasteiger partial charge in [0.15, 0.2) is 0 Å². The Morgan fingerprint density at radius 2 is 1.20 bits per heavy atom. The highest BCUT2D eigenvalue weighted by molar-refractivity contribution is 6.02. The van der Waals surface area contributed by atoms with Crippen molar-refractivity contribution in [3.05, 3.63) is 121 Å². The molecule has 0 N–H and O–H groups in total. The van der Waals surface area contributed by atoms with Gasteiger partial charge < -0.3 is 0 Å². The average molecular weight is 521 g/mol. The van der Waals surface area contributed by atoms with Gasteiger partial charge in [-0.15, -0.1) is 0 Å². The second-order valence-electron chi connectivity index (χ2n) is 12.8. The largest absolute Gasteiger partial charge is 0.256 e. The molecule has 0 unspecified atom stereocenters. The maximum Gasteiger partial charge on any atom is 0.0780 e. The highest BCUT2D eigenvalue weighted by Crippen LogP contribution is 2.36. The third kappa shape index (κ3) is 4.91. The van der Waals surface area contributed by atoms with Gasteiger partial charge in [0.25, 0.3) is 0 Å². The van der Waals surface area contributed by atoms with E-state index in [0.717, 1.165) is 22.5 Å². The van der Waals surface area contributed by atoms with Crippen LogP contribution in [0.3, 0.4) is 0 Å². The Hall–Kier alpha value is -4.30. The third-order valence-corrected chi connectivity index (χ3v) is 7.88. The molecule has 198 valence electrons. The molecule has 2 heterocycles. The average Bonchev–Trinajstić information content (AvgIpc) is 2.95. The lowest BCUT2D eigenvalue weighted by Crippen LogP contribution is -2.11. The zero-order valence-corrected chi connectivity index (χ0v) is 24.3. The van der Waals surface area contributed by atoms with Gasteiger partial charge in [0.1, 0.15) is 0 Å². The maximum atomic E-state index is 4.85. The molecule has 0 aliphatic carbocycles. The molecule has 2 aromatic heterocycles. The summed E-state index contributed by atoms with van der Waals surface area (Å²) in [6.07, 6.45) is 3.86. The SMILES string of the molecule is CC(C)(C)c1ccnc(-c2cccc(-c3cccc4ccc(-c5nccc6cc(C(C)(C)C)ccc56)cc34)c2)c1. The standard InChI is InChI=1S/C38H36N2/c1-37(2,3)30-15-16-33-27(22-30)17-19-40-36(33)29-14-13-25-9-8-12-32(34(25)23-29)26-10-7-11-28(21-26)35-24-31(18-20-39-35)38(4,5)6/h7-24H,1-6H3. The Labute approximate surface area is 237 Å². The van der Waals surface area contributed by atoms with E-state index >= 15 is 0 Å². The Morgan fingerprint density at radius 1 is 0.475 bits per heavy atom. The van der Waals surface area contributed by atoms with E-state index in [2.05, 4.69) is 139 Å². The number of fused-ring (bicyclic) bond motifs is 2. The predicted molar refractivity (Wildman–Crippen MR) is 171 cm³/mol. The number of hydrogen-bond acceptors (Lipinski definition) is 2. The minimum absolute atomic E-state index is 0.0747. The number of hydrogen-bond donors (Lipinski definition) is 0. The molecule has 4 aromatic carbocycles. The van der Waals surface area contributed by atoms with Gasteiger partial charge in [-0.1, -0.05) is 108 Å². The molecular weight excluding hydrogens is 484 g/mol. The number of benzene rings is 4. The van der Waals surface area contributed by atoms with Crippen LogP contribution in [-0.2, 0) is 10.8 Å². The van der Waals surface area contributed by atoms with E-state index in [-0.39, 0.29) is 10.8 Å². The highest BCUT2D eigenvalue weighted by atomic mass is 14.7. The molecule has 6 rings (SSSR count). The summed E-state index contributed by atoms with van der Waals surface area (Å²) in [5.41, 5.74) is 9.48. The highest BCUT2D eigenvalue weighted by Gasteiger charge is 2.17. The van der Waals surface area contributed by atoms with E-state index in [1.165, 1.54) is 43.8 Å². The van der Waals surface area contributed by atoms with Crippen molar-refractivity contribution in [1.82, 2.24) is 9.97 Å². The molecule has 0 aliphatic heterocycles. The minimum Gasteiger partial charge on any atom is -0.256 e. The van der Waals surface area contributed by atoms with Crippen LogP contribution in [0.5, 0.6) is 0 Å². The third-order valence-electron chi connectivity index (χ3n) is 7.88. The Bertz CT molecular complexity index is 1870. The van der Waals surface area contributed by atoms with Crippen LogP contribution >= 0.6 is 0 Å². The Kier molecular flexibility index (Phi) is 6.30. The summed E-state index contributed by atoms with van der Waals surface area (Å²) in [6, 6.07) is 35.3. The smallest absolute Gasteiger partial charge is 0.0780 e. The van der Waals surface area contributed by atoms with Gasteiger partial charge >= 0.3 is 0 Å². The molecule has 2 heteroatoms.